The lowest BCUT2D eigenvalue weighted by molar-refractivity contribution is -0.136. The van der Waals surface area contributed by atoms with E-state index in [-0.39, 0.29) is 5.69 Å². The topological polar surface area (TPSA) is 89.0 Å². The molecule has 0 aliphatic heterocycles. The van der Waals surface area contributed by atoms with Gasteiger partial charge in [-0.25, -0.2) is 9.82 Å². The van der Waals surface area contributed by atoms with Crippen LogP contribution in [0.5, 0.6) is 11.5 Å². The minimum absolute atomic E-state index is 0.0962. The molecule has 0 aliphatic rings. The first-order valence-electron chi connectivity index (χ1n) is 7.16. The van der Waals surface area contributed by atoms with Crippen LogP contribution >= 0.6 is 0 Å². The Labute approximate surface area is 143 Å². The first-order valence-corrected chi connectivity index (χ1v) is 7.16. The van der Waals surface area contributed by atoms with Crippen molar-refractivity contribution in [3.05, 3.63) is 53.8 Å². The predicted molar refractivity (Wildman–Crippen MR) is 90.3 cm³/mol. The number of para-hydroxylation sites is 1. The summed E-state index contributed by atoms with van der Waals surface area (Å²) in [5.74, 6) is -1.64. The molecule has 0 fully saturated rings. The van der Waals surface area contributed by atoms with Crippen LogP contribution in [-0.2, 0) is 9.59 Å². The third-order valence-corrected chi connectivity index (χ3v) is 3.13. The summed E-state index contributed by atoms with van der Waals surface area (Å²) in [4.78, 5) is 23.4. The Balaban J connectivity index is 2.00. The number of nitrogens with zero attached hydrogens (tertiary/aromatic N) is 1. The lowest BCUT2D eigenvalue weighted by Crippen LogP contribution is -2.32. The van der Waals surface area contributed by atoms with Crippen LogP contribution in [-0.4, -0.2) is 32.2 Å². The standard InChI is InChI=1S/C17H16FN3O4/c1-24-12-7-8-15(25-2)11(9-12)10-19-21-17(23)16(22)20-14-6-4-3-5-13(14)18/h3-10H,1-2H3,(H,20,22)(H,21,23). The minimum Gasteiger partial charge on any atom is -0.497 e. The number of methoxy groups -OCH3 is 2. The zero-order valence-corrected chi connectivity index (χ0v) is 13.6. The monoisotopic (exact) mass is 345 g/mol. The zero-order chi connectivity index (χ0) is 18.2. The van der Waals surface area contributed by atoms with Gasteiger partial charge in [-0.1, -0.05) is 12.1 Å². The Kier molecular flexibility index (Phi) is 6.05. The molecule has 2 amide bonds. The minimum atomic E-state index is -1.04. The number of amides is 2. The van der Waals surface area contributed by atoms with Gasteiger partial charge in [0.15, 0.2) is 0 Å². The lowest BCUT2D eigenvalue weighted by Gasteiger charge is -2.07. The van der Waals surface area contributed by atoms with Gasteiger partial charge in [-0.3, -0.25) is 9.59 Å². The molecule has 0 saturated carbocycles. The molecule has 2 rings (SSSR count). The van der Waals surface area contributed by atoms with Gasteiger partial charge in [0, 0.05) is 5.56 Å². The zero-order valence-electron chi connectivity index (χ0n) is 13.6. The van der Waals surface area contributed by atoms with E-state index in [1.807, 2.05) is 0 Å². The second-order valence-electron chi connectivity index (χ2n) is 4.74. The summed E-state index contributed by atoms with van der Waals surface area (Å²) in [6, 6.07) is 10.5. The Hall–Kier alpha value is -3.42. The number of nitrogens with one attached hydrogen (secondary N) is 2. The number of hydrogen-bond donors (Lipinski definition) is 2. The number of anilines is 1. The molecule has 7 nitrogen and oxygen atoms in total. The van der Waals surface area contributed by atoms with E-state index in [0.29, 0.717) is 17.1 Å². The van der Waals surface area contributed by atoms with Crippen molar-refractivity contribution in [1.29, 1.82) is 0 Å². The SMILES string of the molecule is COc1ccc(OC)c(C=NNC(=O)C(=O)Nc2ccccc2F)c1. The van der Waals surface area contributed by atoms with Gasteiger partial charge in [-0.15, -0.1) is 0 Å². The summed E-state index contributed by atoms with van der Waals surface area (Å²) >= 11 is 0. The average molecular weight is 345 g/mol. The van der Waals surface area contributed by atoms with Gasteiger partial charge in [0.25, 0.3) is 0 Å². The molecular formula is C17H16FN3O4. The highest BCUT2D eigenvalue weighted by atomic mass is 19.1. The second-order valence-corrected chi connectivity index (χ2v) is 4.74. The Morgan fingerprint density at radius 2 is 1.84 bits per heavy atom. The third kappa shape index (κ3) is 4.77. The number of halogens is 1. The summed E-state index contributed by atoms with van der Waals surface area (Å²) in [5.41, 5.74) is 2.50. The Morgan fingerprint density at radius 1 is 1.08 bits per heavy atom. The molecule has 0 aliphatic carbocycles. The van der Waals surface area contributed by atoms with Gasteiger partial charge in [-0.2, -0.15) is 5.10 Å². The van der Waals surface area contributed by atoms with E-state index in [2.05, 4.69) is 15.8 Å². The molecule has 2 N–H and O–H groups in total. The van der Waals surface area contributed by atoms with Crippen LogP contribution in [0.1, 0.15) is 5.56 Å². The maximum Gasteiger partial charge on any atom is 0.329 e. The van der Waals surface area contributed by atoms with Crippen molar-refractivity contribution in [2.45, 2.75) is 0 Å². The fraction of sp³-hybridized carbons (Fsp3) is 0.118. The van der Waals surface area contributed by atoms with Crippen molar-refractivity contribution >= 4 is 23.7 Å². The summed E-state index contributed by atoms with van der Waals surface area (Å²) in [6.45, 7) is 0. The van der Waals surface area contributed by atoms with Crippen LogP contribution in [0, 0.1) is 5.82 Å². The highest BCUT2D eigenvalue weighted by Crippen LogP contribution is 2.22. The van der Waals surface area contributed by atoms with Gasteiger partial charge in [0.1, 0.15) is 17.3 Å². The normalized spacial score (nSPS) is 10.4. The number of rotatable bonds is 5. The predicted octanol–water partition coefficient (Wildman–Crippen LogP) is 1.93. The number of carbonyl (C=O) groups excluding carboxylic acids is 2. The van der Waals surface area contributed by atoms with Crippen molar-refractivity contribution in [2.75, 3.05) is 19.5 Å². The molecule has 0 spiro atoms. The van der Waals surface area contributed by atoms with E-state index >= 15 is 0 Å². The summed E-state index contributed by atoms with van der Waals surface area (Å²) < 4.78 is 23.7. The Morgan fingerprint density at radius 3 is 2.52 bits per heavy atom. The lowest BCUT2D eigenvalue weighted by atomic mass is 10.2. The summed E-state index contributed by atoms with van der Waals surface area (Å²) in [6.07, 6.45) is 1.30. The molecule has 0 unspecified atom stereocenters. The largest absolute Gasteiger partial charge is 0.497 e. The van der Waals surface area contributed by atoms with Gasteiger partial charge >= 0.3 is 11.8 Å². The Bertz CT molecular complexity index is 808. The number of ether oxygens (including phenoxy) is 2. The maximum atomic E-state index is 13.4. The van der Waals surface area contributed by atoms with E-state index < -0.39 is 17.6 Å². The first kappa shape index (κ1) is 17.9. The maximum absolute atomic E-state index is 13.4. The quantitative estimate of drug-likeness (QED) is 0.492. The van der Waals surface area contributed by atoms with E-state index in [0.717, 1.165) is 0 Å². The van der Waals surface area contributed by atoms with E-state index in [4.69, 9.17) is 9.47 Å². The van der Waals surface area contributed by atoms with Crippen molar-refractivity contribution in [1.82, 2.24) is 5.43 Å². The molecule has 0 bridgehead atoms. The molecule has 0 aromatic heterocycles. The molecule has 2 aromatic rings. The van der Waals surface area contributed by atoms with Crippen LogP contribution in [0.15, 0.2) is 47.6 Å². The van der Waals surface area contributed by atoms with Crippen molar-refractivity contribution in [3.8, 4) is 11.5 Å². The number of benzene rings is 2. The molecular weight excluding hydrogens is 329 g/mol. The number of carbonyl (C=O) groups is 2. The second kappa shape index (κ2) is 8.44. The van der Waals surface area contributed by atoms with E-state index in [1.54, 1.807) is 18.2 Å². The third-order valence-electron chi connectivity index (χ3n) is 3.13. The molecule has 8 heteroatoms. The number of hydrazone groups is 1. The van der Waals surface area contributed by atoms with Crippen LogP contribution < -0.4 is 20.2 Å². The molecule has 0 atom stereocenters. The smallest absolute Gasteiger partial charge is 0.329 e. The number of hydrogen-bond acceptors (Lipinski definition) is 5. The van der Waals surface area contributed by atoms with Crippen LogP contribution in [0.25, 0.3) is 0 Å². The highest BCUT2D eigenvalue weighted by Gasteiger charge is 2.14. The van der Waals surface area contributed by atoms with Crippen LogP contribution in [0.2, 0.25) is 0 Å². The summed E-state index contributed by atoms with van der Waals surface area (Å²) in [5, 5.41) is 5.85. The fourth-order valence-corrected chi connectivity index (χ4v) is 1.89. The first-order chi connectivity index (χ1) is 12.0. The van der Waals surface area contributed by atoms with Gasteiger partial charge in [-0.05, 0) is 30.3 Å². The van der Waals surface area contributed by atoms with Crippen molar-refractivity contribution in [3.63, 3.8) is 0 Å². The van der Waals surface area contributed by atoms with Crippen LogP contribution in [0.4, 0.5) is 10.1 Å². The van der Waals surface area contributed by atoms with Gasteiger partial charge in [0.2, 0.25) is 0 Å². The summed E-state index contributed by atoms with van der Waals surface area (Å²) in [7, 11) is 3.00. The molecule has 0 radical (unpaired) electrons. The molecule has 0 heterocycles. The van der Waals surface area contributed by atoms with Crippen molar-refractivity contribution < 1.29 is 23.5 Å². The molecule has 25 heavy (non-hydrogen) atoms. The van der Waals surface area contributed by atoms with E-state index in [1.165, 1.54) is 44.7 Å². The molecule has 2 aromatic carbocycles. The molecule has 0 saturated heterocycles. The van der Waals surface area contributed by atoms with Gasteiger partial charge < -0.3 is 14.8 Å². The highest BCUT2D eigenvalue weighted by molar-refractivity contribution is 6.39. The van der Waals surface area contributed by atoms with Gasteiger partial charge in [0.05, 0.1) is 26.1 Å². The van der Waals surface area contributed by atoms with Crippen LogP contribution in [0.3, 0.4) is 0 Å². The molecule has 130 valence electrons. The van der Waals surface area contributed by atoms with E-state index in [9.17, 15) is 14.0 Å². The average Bonchev–Trinajstić information content (AvgIpc) is 2.63. The van der Waals surface area contributed by atoms with Crippen molar-refractivity contribution in [2.24, 2.45) is 5.10 Å². The fourth-order valence-electron chi connectivity index (χ4n) is 1.89.